The van der Waals surface area contributed by atoms with Crippen molar-refractivity contribution in [2.24, 2.45) is 4.99 Å². The van der Waals surface area contributed by atoms with Gasteiger partial charge in [-0.2, -0.15) is 0 Å². The van der Waals surface area contributed by atoms with Crippen molar-refractivity contribution in [3.63, 3.8) is 0 Å². The SMILES string of the molecule is CCNC(=NCc1ncccc1C)N1CCc2cc(OC)c(OC)cc2C1. The number of aryl methyl sites for hydroxylation is 1. The van der Waals surface area contributed by atoms with Crippen LogP contribution in [0.25, 0.3) is 0 Å². The fourth-order valence-electron chi connectivity index (χ4n) is 3.32. The molecular weight excluding hydrogens is 340 g/mol. The Morgan fingerprint density at radius 2 is 1.96 bits per heavy atom. The number of benzene rings is 1. The minimum Gasteiger partial charge on any atom is -0.493 e. The van der Waals surface area contributed by atoms with Gasteiger partial charge in [0, 0.05) is 25.8 Å². The summed E-state index contributed by atoms with van der Waals surface area (Å²) in [5, 5.41) is 3.42. The molecule has 3 rings (SSSR count). The number of fused-ring (bicyclic) bond motifs is 1. The van der Waals surface area contributed by atoms with Crippen LogP contribution < -0.4 is 14.8 Å². The molecule has 0 saturated heterocycles. The Kier molecular flexibility index (Phi) is 6.16. The van der Waals surface area contributed by atoms with E-state index >= 15 is 0 Å². The summed E-state index contributed by atoms with van der Waals surface area (Å²) in [5.41, 5.74) is 4.73. The normalized spacial score (nSPS) is 13.9. The van der Waals surface area contributed by atoms with Crippen LogP contribution >= 0.6 is 0 Å². The Hall–Kier alpha value is -2.76. The average Bonchev–Trinajstić information content (AvgIpc) is 2.70. The van der Waals surface area contributed by atoms with E-state index in [1.54, 1.807) is 14.2 Å². The standard InChI is InChI=1S/C21H28N4O2/c1-5-22-21(24-13-18-15(2)7-6-9-23-18)25-10-8-16-11-19(26-3)20(27-4)12-17(16)14-25/h6-7,9,11-12H,5,8,10,13-14H2,1-4H3,(H,22,24). The van der Waals surface area contributed by atoms with Gasteiger partial charge in [-0.15, -0.1) is 0 Å². The van der Waals surface area contributed by atoms with Gasteiger partial charge in [0.05, 0.1) is 26.5 Å². The van der Waals surface area contributed by atoms with E-state index < -0.39 is 0 Å². The van der Waals surface area contributed by atoms with Crippen LogP contribution in [0.5, 0.6) is 11.5 Å². The number of ether oxygens (including phenoxy) is 2. The number of hydrogen-bond acceptors (Lipinski definition) is 4. The highest BCUT2D eigenvalue weighted by molar-refractivity contribution is 5.80. The fourth-order valence-corrected chi connectivity index (χ4v) is 3.32. The number of nitrogens with zero attached hydrogens (tertiary/aromatic N) is 3. The van der Waals surface area contributed by atoms with Crippen LogP contribution in [0, 0.1) is 6.92 Å². The Balaban J connectivity index is 1.81. The molecule has 1 aliphatic rings. The molecule has 1 N–H and O–H groups in total. The molecule has 0 unspecified atom stereocenters. The minimum atomic E-state index is 0.574. The summed E-state index contributed by atoms with van der Waals surface area (Å²) in [4.78, 5) is 11.6. The molecule has 0 amide bonds. The fraction of sp³-hybridized carbons (Fsp3) is 0.429. The first-order chi connectivity index (χ1) is 13.2. The lowest BCUT2D eigenvalue weighted by molar-refractivity contribution is 0.346. The van der Waals surface area contributed by atoms with Crippen molar-refractivity contribution in [2.45, 2.75) is 33.4 Å². The lowest BCUT2D eigenvalue weighted by Crippen LogP contribution is -2.44. The Morgan fingerprint density at radius 3 is 2.63 bits per heavy atom. The number of guanidine groups is 1. The molecule has 27 heavy (non-hydrogen) atoms. The molecule has 0 atom stereocenters. The smallest absolute Gasteiger partial charge is 0.194 e. The Morgan fingerprint density at radius 1 is 1.22 bits per heavy atom. The van der Waals surface area contributed by atoms with Gasteiger partial charge in [0.2, 0.25) is 0 Å². The summed E-state index contributed by atoms with van der Waals surface area (Å²) in [6.45, 7) is 7.27. The zero-order valence-corrected chi connectivity index (χ0v) is 16.6. The van der Waals surface area contributed by atoms with Crippen LogP contribution in [-0.4, -0.2) is 43.2 Å². The largest absolute Gasteiger partial charge is 0.493 e. The maximum absolute atomic E-state index is 5.47. The molecule has 2 heterocycles. The summed E-state index contributed by atoms with van der Waals surface area (Å²) >= 11 is 0. The van der Waals surface area contributed by atoms with Gasteiger partial charge in [-0.05, 0) is 55.2 Å². The Labute approximate surface area is 161 Å². The first-order valence-electron chi connectivity index (χ1n) is 9.33. The van der Waals surface area contributed by atoms with Gasteiger partial charge in [-0.3, -0.25) is 4.98 Å². The zero-order chi connectivity index (χ0) is 19.2. The van der Waals surface area contributed by atoms with Crippen molar-refractivity contribution in [3.05, 3.63) is 52.8 Å². The second kappa shape index (κ2) is 8.75. The van der Waals surface area contributed by atoms with Gasteiger partial charge in [0.15, 0.2) is 17.5 Å². The van der Waals surface area contributed by atoms with Crippen molar-refractivity contribution in [1.29, 1.82) is 0 Å². The molecule has 6 heteroatoms. The van der Waals surface area contributed by atoms with Crippen molar-refractivity contribution < 1.29 is 9.47 Å². The summed E-state index contributed by atoms with van der Waals surface area (Å²) in [6, 6.07) is 8.19. The number of aromatic nitrogens is 1. The predicted molar refractivity (Wildman–Crippen MR) is 107 cm³/mol. The van der Waals surface area contributed by atoms with Crippen LogP contribution in [0.15, 0.2) is 35.5 Å². The average molecular weight is 368 g/mol. The van der Waals surface area contributed by atoms with Gasteiger partial charge in [0.25, 0.3) is 0 Å². The van der Waals surface area contributed by atoms with E-state index in [-0.39, 0.29) is 0 Å². The molecule has 0 spiro atoms. The number of nitrogens with one attached hydrogen (secondary N) is 1. The predicted octanol–water partition coefficient (Wildman–Crippen LogP) is 2.93. The molecule has 6 nitrogen and oxygen atoms in total. The third kappa shape index (κ3) is 4.32. The van der Waals surface area contributed by atoms with Crippen LogP contribution in [-0.2, 0) is 19.5 Å². The zero-order valence-electron chi connectivity index (χ0n) is 16.6. The van der Waals surface area contributed by atoms with Gasteiger partial charge in [-0.25, -0.2) is 4.99 Å². The third-order valence-corrected chi connectivity index (χ3v) is 4.85. The number of rotatable bonds is 5. The molecule has 0 aliphatic carbocycles. The first kappa shape index (κ1) is 19.0. The highest BCUT2D eigenvalue weighted by Crippen LogP contribution is 2.33. The molecule has 144 valence electrons. The highest BCUT2D eigenvalue weighted by atomic mass is 16.5. The molecule has 1 aromatic heterocycles. The van der Waals surface area contributed by atoms with Crippen molar-refractivity contribution in [3.8, 4) is 11.5 Å². The van der Waals surface area contributed by atoms with Crippen LogP contribution in [0.4, 0.5) is 0 Å². The van der Waals surface area contributed by atoms with E-state index in [9.17, 15) is 0 Å². The molecule has 0 bridgehead atoms. The van der Waals surface area contributed by atoms with Gasteiger partial charge in [-0.1, -0.05) is 6.07 Å². The molecule has 0 radical (unpaired) electrons. The molecule has 1 aromatic carbocycles. The number of pyridine rings is 1. The van der Waals surface area contributed by atoms with Crippen molar-refractivity contribution >= 4 is 5.96 Å². The number of aliphatic imine (C=N–C) groups is 1. The van der Waals surface area contributed by atoms with E-state index in [2.05, 4.69) is 47.2 Å². The maximum Gasteiger partial charge on any atom is 0.194 e. The van der Waals surface area contributed by atoms with Gasteiger partial charge < -0.3 is 19.7 Å². The number of methoxy groups -OCH3 is 2. The monoisotopic (exact) mass is 368 g/mol. The Bertz CT molecular complexity index is 820. The maximum atomic E-state index is 5.47. The van der Waals surface area contributed by atoms with Crippen LogP contribution in [0.2, 0.25) is 0 Å². The molecule has 2 aromatic rings. The third-order valence-electron chi connectivity index (χ3n) is 4.85. The molecule has 0 fully saturated rings. The quantitative estimate of drug-likeness (QED) is 0.650. The lowest BCUT2D eigenvalue weighted by Gasteiger charge is -2.32. The van der Waals surface area contributed by atoms with E-state index in [1.165, 1.54) is 11.1 Å². The van der Waals surface area contributed by atoms with E-state index in [1.807, 2.05) is 12.3 Å². The molecular formula is C21H28N4O2. The minimum absolute atomic E-state index is 0.574. The van der Waals surface area contributed by atoms with Crippen LogP contribution in [0.3, 0.4) is 0 Å². The summed E-state index contributed by atoms with van der Waals surface area (Å²) in [7, 11) is 3.35. The van der Waals surface area contributed by atoms with Crippen molar-refractivity contribution in [1.82, 2.24) is 15.2 Å². The van der Waals surface area contributed by atoms with E-state index in [4.69, 9.17) is 14.5 Å². The topological polar surface area (TPSA) is 59.0 Å². The summed E-state index contributed by atoms with van der Waals surface area (Å²) in [6.07, 6.45) is 2.77. The van der Waals surface area contributed by atoms with E-state index in [0.29, 0.717) is 6.54 Å². The second-order valence-corrected chi connectivity index (χ2v) is 6.58. The summed E-state index contributed by atoms with van der Waals surface area (Å²) in [5.74, 6) is 2.48. The summed E-state index contributed by atoms with van der Waals surface area (Å²) < 4.78 is 10.9. The van der Waals surface area contributed by atoms with Crippen LogP contribution in [0.1, 0.15) is 29.3 Å². The number of hydrogen-bond donors (Lipinski definition) is 1. The van der Waals surface area contributed by atoms with Crippen molar-refractivity contribution in [2.75, 3.05) is 27.3 Å². The second-order valence-electron chi connectivity index (χ2n) is 6.58. The van der Waals surface area contributed by atoms with Gasteiger partial charge >= 0.3 is 0 Å². The molecule has 0 saturated carbocycles. The lowest BCUT2D eigenvalue weighted by atomic mass is 9.99. The first-order valence-corrected chi connectivity index (χ1v) is 9.33. The van der Waals surface area contributed by atoms with Gasteiger partial charge in [0.1, 0.15) is 0 Å². The highest BCUT2D eigenvalue weighted by Gasteiger charge is 2.21. The molecule has 1 aliphatic heterocycles. The van der Waals surface area contributed by atoms with E-state index in [0.717, 1.165) is 54.8 Å².